The standard InChI is InChI=1S/C23H34O9/c1-22(2,3)10-13-9-12(11-30-21(29)23(4,5)6)7-8-14(13)31-20-17(26)15(24)16(25)18(32-20)19(27)28/h7-9,15-18,20,24-26H,10-11H2,1-6H3,(H,27,28)/t15-,16-,17+,18?,20+/m0/s1. The molecule has 0 aliphatic carbocycles. The highest BCUT2D eigenvalue weighted by molar-refractivity contribution is 5.75. The quantitative estimate of drug-likeness (QED) is 0.472. The predicted molar refractivity (Wildman–Crippen MR) is 114 cm³/mol. The van der Waals surface area contributed by atoms with Crippen LogP contribution in [-0.2, 0) is 32.1 Å². The molecule has 9 heteroatoms. The van der Waals surface area contributed by atoms with Crippen molar-refractivity contribution >= 4 is 11.9 Å². The van der Waals surface area contributed by atoms with E-state index in [2.05, 4.69) is 0 Å². The molecule has 2 rings (SSSR count). The summed E-state index contributed by atoms with van der Waals surface area (Å²) in [7, 11) is 0. The number of esters is 1. The number of carboxylic acids is 1. The molecule has 1 fully saturated rings. The number of hydrogen-bond donors (Lipinski definition) is 4. The van der Waals surface area contributed by atoms with Crippen molar-refractivity contribution in [2.45, 2.75) is 85.3 Å². The molecule has 1 saturated heterocycles. The number of ether oxygens (including phenoxy) is 3. The molecular formula is C23H34O9. The first-order valence-corrected chi connectivity index (χ1v) is 10.5. The van der Waals surface area contributed by atoms with E-state index < -0.39 is 42.1 Å². The SMILES string of the molecule is CC(C)(C)Cc1cc(COC(=O)C(C)(C)C)ccc1O[C@@H]1OC(C(=O)O)[C@@H](O)[C@H](O)[C@H]1O. The molecular weight excluding hydrogens is 420 g/mol. The Balaban J connectivity index is 2.27. The van der Waals surface area contributed by atoms with Crippen molar-refractivity contribution in [3.05, 3.63) is 29.3 Å². The van der Waals surface area contributed by atoms with Crippen molar-refractivity contribution in [3.8, 4) is 5.75 Å². The summed E-state index contributed by atoms with van der Waals surface area (Å²) in [4.78, 5) is 23.4. The lowest BCUT2D eigenvalue weighted by molar-refractivity contribution is -0.271. The number of carboxylic acid groups (broad SMARTS) is 1. The maximum absolute atomic E-state index is 12.1. The van der Waals surface area contributed by atoms with Crippen LogP contribution in [0.15, 0.2) is 18.2 Å². The van der Waals surface area contributed by atoms with Crippen LogP contribution < -0.4 is 4.74 Å². The van der Waals surface area contributed by atoms with E-state index >= 15 is 0 Å². The summed E-state index contributed by atoms with van der Waals surface area (Å²) in [6, 6.07) is 5.11. The Bertz CT molecular complexity index is 822. The lowest BCUT2D eigenvalue weighted by Gasteiger charge is -2.38. The second-order valence-corrected chi connectivity index (χ2v) is 10.4. The molecule has 0 radical (unpaired) electrons. The first kappa shape index (κ1) is 26.1. The summed E-state index contributed by atoms with van der Waals surface area (Å²) in [6.45, 7) is 11.4. The summed E-state index contributed by atoms with van der Waals surface area (Å²) in [5.74, 6) is -1.49. The zero-order valence-corrected chi connectivity index (χ0v) is 19.4. The minimum Gasteiger partial charge on any atom is -0.479 e. The van der Waals surface area contributed by atoms with Gasteiger partial charge >= 0.3 is 11.9 Å². The largest absolute Gasteiger partial charge is 0.479 e. The molecule has 5 atom stereocenters. The maximum Gasteiger partial charge on any atom is 0.335 e. The molecule has 1 aliphatic rings. The molecule has 180 valence electrons. The molecule has 0 aromatic heterocycles. The average molecular weight is 455 g/mol. The number of carbonyl (C=O) groups is 2. The lowest BCUT2D eigenvalue weighted by atomic mass is 9.87. The molecule has 0 amide bonds. The summed E-state index contributed by atoms with van der Waals surface area (Å²) < 4.78 is 16.4. The van der Waals surface area contributed by atoms with Crippen molar-refractivity contribution in [1.29, 1.82) is 0 Å². The number of rotatable bonds is 6. The first-order valence-electron chi connectivity index (χ1n) is 10.5. The first-order chi connectivity index (χ1) is 14.6. The molecule has 4 N–H and O–H groups in total. The van der Waals surface area contributed by atoms with Crippen molar-refractivity contribution < 1.29 is 44.2 Å². The number of aliphatic hydroxyl groups excluding tert-OH is 3. The van der Waals surface area contributed by atoms with Crippen LogP contribution in [0.5, 0.6) is 5.75 Å². The van der Waals surface area contributed by atoms with Gasteiger partial charge in [0.15, 0.2) is 6.10 Å². The fraction of sp³-hybridized carbons (Fsp3) is 0.652. The highest BCUT2D eigenvalue weighted by Crippen LogP contribution is 2.32. The monoisotopic (exact) mass is 454 g/mol. The number of benzene rings is 1. The topological polar surface area (TPSA) is 143 Å². The molecule has 1 unspecified atom stereocenters. The minimum absolute atomic E-state index is 0.0715. The Morgan fingerprint density at radius 1 is 1.00 bits per heavy atom. The highest BCUT2D eigenvalue weighted by atomic mass is 16.7. The van der Waals surface area contributed by atoms with Crippen molar-refractivity contribution in [3.63, 3.8) is 0 Å². The van der Waals surface area contributed by atoms with E-state index in [0.717, 1.165) is 11.1 Å². The molecule has 0 saturated carbocycles. The molecule has 0 spiro atoms. The Hall–Kier alpha value is -2.20. The third-order valence-corrected chi connectivity index (χ3v) is 4.88. The normalized spacial score (nSPS) is 26.5. The summed E-state index contributed by atoms with van der Waals surface area (Å²) >= 11 is 0. The molecule has 1 aromatic rings. The zero-order chi connectivity index (χ0) is 24.4. The second kappa shape index (κ2) is 9.74. The van der Waals surface area contributed by atoms with Crippen LogP contribution >= 0.6 is 0 Å². The third-order valence-electron chi connectivity index (χ3n) is 4.88. The molecule has 1 heterocycles. The molecule has 1 aliphatic heterocycles. The molecule has 0 bridgehead atoms. The van der Waals surface area contributed by atoms with Gasteiger partial charge in [-0.2, -0.15) is 0 Å². The van der Waals surface area contributed by atoms with Crippen molar-refractivity contribution in [2.75, 3.05) is 0 Å². The summed E-state index contributed by atoms with van der Waals surface area (Å²) in [5.41, 5.74) is 0.686. The van der Waals surface area contributed by atoms with E-state index in [1.165, 1.54) is 0 Å². The van der Waals surface area contributed by atoms with Gasteiger partial charge in [0.05, 0.1) is 5.41 Å². The lowest BCUT2D eigenvalue weighted by Crippen LogP contribution is -2.61. The summed E-state index contributed by atoms with van der Waals surface area (Å²) in [5, 5.41) is 39.4. The van der Waals surface area contributed by atoms with Gasteiger partial charge in [-0.25, -0.2) is 4.79 Å². The summed E-state index contributed by atoms with van der Waals surface area (Å²) in [6.07, 6.45) is -7.90. The van der Waals surface area contributed by atoms with E-state index in [9.17, 15) is 30.0 Å². The van der Waals surface area contributed by atoms with E-state index in [-0.39, 0.29) is 18.0 Å². The van der Waals surface area contributed by atoms with Gasteiger partial charge in [0, 0.05) is 0 Å². The fourth-order valence-corrected chi connectivity index (χ4v) is 3.19. The maximum atomic E-state index is 12.1. The van der Waals surface area contributed by atoms with Gasteiger partial charge in [-0.3, -0.25) is 4.79 Å². The van der Waals surface area contributed by atoms with E-state index in [0.29, 0.717) is 12.2 Å². The van der Waals surface area contributed by atoms with Crippen LogP contribution in [0.2, 0.25) is 0 Å². The van der Waals surface area contributed by atoms with Crippen molar-refractivity contribution in [1.82, 2.24) is 0 Å². The van der Waals surface area contributed by atoms with Crippen LogP contribution in [-0.4, -0.2) is 63.1 Å². The van der Waals surface area contributed by atoms with Crippen molar-refractivity contribution in [2.24, 2.45) is 10.8 Å². The number of aliphatic hydroxyl groups is 3. The van der Waals surface area contributed by atoms with Gasteiger partial charge in [0.25, 0.3) is 0 Å². The van der Waals surface area contributed by atoms with E-state index in [1.54, 1.807) is 32.9 Å². The van der Waals surface area contributed by atoms with Gasteiger partial charge in [0.1, 0.15) is 30.7 Å². The van der Waals surface area contributed by atoms with Gasteiger partial charge < -0.3 is 34.6 Å². The zero-order valence-electron chi connectivity index (χ0n) is 19.4. The Kier molecular flexibility index (Phi) is 7.93. The predicted octanol–water partition coefficient (Wildman–Crippen LogP) is 1.64. The second-order valence-electron chi connectivity index (χ2n) is 10.4. The number of aliphatic carboxylic acids is 1. The Morgan fingerprint density at radius 2 is 1.62 bits per heavy atom. The van der Waals surface area contributed by atoms with Crippen LogP contribution in [0, 0.1) is 10.8 Å². The fourth-order valence-electron chi connectivity index (χ4n) is 3.19. The minimum atomic E-state index is -1.80. The van der Waals surface area contributed by atoms with E-state index in [4.69, 9.17) is 14.2 Å². The van der Waals surface area contributed by atoms with Crippen LogP contribution in [0.4, 0.5) is 0 Å². The third kappa shape index (κ3) is 6.65. The van der Waals surface area contributed by atoms with E-state index in [1.807, 2.05) is 26.8 Å². The van der Waals surface area contributed by atoms with Gasteiger partial charge in [-0.15, -0.1) is 0 Å². The van der Waals surface area contributed by atoms with Crippen LogP contribution in [0.1, 0.15) is 52.7 Å². The van der Waals surface area contributed by atoms with Crippen LogP contribution in [0.25, 0.3) is 0 Å². The smallest absolute Gasteiger partial charge is 0.335 e. The molecule has 1 aromatic carbocycles. The van der Waals surface area contributed by atoms with Gasteiger partial charge in [-0.05, 0) is 55.9 Å². The highest BCUT2D eigenvalue weighted by Gasteiger charge is 2.48. The Morgan fingerprint density at radius 3 is 2.16 bits per heavy atom. The molecule has 32 heavy (non-hydrogen) atoms. The number of hydrogen-bond acceptors (Lipinski definition) is 8. The molecule has 9 nitrogen and oxygen atoms in total. The Labute approximate surface area is 187 Å². The number of carbonyl (C=O) groups excluding carboxylic acids is 1. The van der Waals surface area contributed by atoms with Gasteiger partial charge in [-0.1, -0.05) is 26.8 Å². The van der Waals surface area contributed by atoms with Crippen LogP contribution in [0.3, 0.4) is 0 Å². The van der Waals surface area contributed by atoms with Gasteiger partial charge in [0.2, 0.25) is 6.29 Å². The average Bonchev–Trinajstić information content (AvgIpc) is 2.65.